The molecule has 0 aliphatic carbocycles. The highest BCUT2D eigenvalue weighted by molar-refractivity contribution is 7.98. The number of H-pyrrole nitrogens is 1. The Morgan fingerprint density at radius 2 is 1.68 bits per heavy atom. The molecule has 7 heteroatoms. The van der Waals surface area contributed by atoms with Crippen molar-refractivity contribution < 1.29 is 0 Å². The molecule has 0 spiro atoms. The summed E-state index contributed by atoms with van der Waals surface area (Å²) in [6.45, 7) is 1.37. The zero-order valence-electron chi connectivity index (χ0n) is 15.4. The molecule has 2 aromatic carbocycles. The Balaban J connectivity index is 1.42. The predicted molar refractivity (Wildman–Crippen MR) is 110 cm³/mol. The average Bonchev–Trinajstić information content (AvgIpc) is 3.32. The van der Waals surface area contributed by atoms with Crippen molar-refractivity contribution in [2.75, 3.05) is 0 Å². The number of nitrogens with one attached hydrogen (secondary N) is 1. The van der Waals surface area contributed by atoms with Gasteiger partial charge in [-0.25, -0.2) is 14.9 Å². The molecule has 0 bridgehead atoms. The van der Waals surface area contributed by atoms with E-state index in [1.165, 1.54) is 22.9 Å². The summed E-state index contributed by atoms with van der Waals surface area (Å²) in [6.07, 6.45) is 4.58. The molecule has 4 aromatic rings. The quantitative estimate of drug-likeness (QED) is 0.468. The SMILES string of the molecule is O=c1[nH]nc(SCc2nccn2Cc2ccccc2)n1CCc1ccccc1. The number of aromatic amines is 1. The van der Waals surface area contributed by atoms with E-state index in [1.807, 2.05) is 48.8 Å². The van der Waals surface area contributed by atoms with E-state index in [9.17, 15) is 4.79 Å². The standard InChI is InChI=1S/C21H21N5OS/c27-20-23-24-21(26(20)13-11-17-7-3-1-4-8-17)28-16-19-22-12-14-25(19)15-18-9-5-2-6-10-18/h1-10,12,14H,11,13,15-16H2,(H,23,27). The minimum Gasteiger partial charge on any atom is -0.330 e. The minimum atomic E-state index is -0.175. The Hall–Kier alpha value is -3.06. The molecule has 28 heavy (non-hydrogen) atoms. The summed E-state index contributed by atoms with van der Waals surface area (Å²) in [7, 11) is 0. The van der Waals surface area contributed by atoms with E-state index in [2.05, 4.69) is 44.0 Å². The van der Waals surface area contributed by atoms with Crippen LogP contribution in [0.5, 0.6) is 0 Å². The molecule has 142 valence electrons. The number of nitrogens with zero attached hydrogens (tertiary/aromatic N) is 4. The van der Waals surface area contributed by atoms with E-state index in [4.69, 9.17) is 0 Å². The Kier molecular flexibility index (Phi) is 5.72. The molecule has 0 radical (unpaired) electrons. The molecule has 0 aliphatic rings. The van der Waals surface area contributed by atoms with Gasteiger partial charge < -0.3 is 4.57 Å². The average molecular weight is 392 g/mol. The molecule has 0 amide bonds. The van der Waals surface area contributed by atoms with Gasteiger partial charge in [-0.1, -0.05) is 72.4 Å². The number of aromatic nitrogens is 5. The molecule has 0 fully saturated rings. The van der Waals surface area contributed by atoms with E-state index in [-0.39, 0.29) is 5.69 Å². The van der Waals surface area contributed by atoms with Crippen LogP contribution in [0.25, 0.3) is 0 Å². The maximum Gasteiger partial charge on any atom is 0.343 e. The fourth-order valence-electron chi connectivity index (χ4n) is 3.03. The van der Waals surface area contributed by atoms with E-state index in [1.54, 1.807) is 4.57 Å². The molecule has 6 nitrogen and oxygen atoms in total. The van der Waals surface area contributed by atoms with Gasteiger partial charge in [-0.05, 0) is 17.5 Å². The minimum absolute atomic E-state index is 0.175. The van der Waals surface area contributed by atoms with Crippen molar-refractivity contribution in [3.05, 3.63) is 100 Å². The molecule has 4 rings (SSSR count). The first-order valence-corrected chi connectivity index (χ1v) is 10.1. The van der Waals surface area contributed by atoms with Crippen LogP contribution < -0.4 is 5.69 Å². The summed E-state index contributed by atoms with van der Waals surface area (Å²) in [5.74, 6) is 1.61. The topological polar surface area (TPSA) is 68.5 Å². The maximum atomic E-state index is 12.1. The number of hydrogen-bond donors (Lipinski definition) is 1. The second kappa shape index (κ2) is 8.75. The first-order chi connectivity index (χ1) is 13.8. The van der Waals surface area contributed by atoms with Gasteiger partial charge in [0, 0.05) is 25.5 Å². The van der Waals surface area contributed by atoms with Crippen molar-refractivity contribution in [1.82, 2.24) is 24.3 Å². The Labute approximate surface area is 167 Å². The van der Waals surface area contributed by atoms with Crippen molar-refractivity contribution in [1.29, 1.82) is 0 Å². The molecular weight excluding hydrogens is 370 g/mol. The monoisotopic (exact) mass is 391 g/mol. The van der Waals surface area contributed by atoms with Crippen molar-refractivity contribution in [2.24, 2.45) is 0 Å². The molecule has 0 aliphatic heterocycles. The number of imidazole rings is 1. The van der Waals surface area contributed by atoms with Crippen LogP contribution >= 0.6 is 11.8 Å². The lowest BCUT2D eigenvalue weighted by atomic mass is 10.1. The first kappa shape index (κ1) is 18.3. The van der Waals surface area contributed by atoms with Crippen LogP contribution in [0.3, 0.4) is 0 Å². The predicted octanol–water partition coefficient (Wildman–Crippen LogP) is 3.35. The summed E-state index contributed by atoms with van der Waals surface area (Å²) in [5, 5.41) is 7.45. The van der Waals surface area contributed by atoms with Crippen molar-refractivity contribution in [3.63, 3.8) is 0 Å². The van der Waals surface area contributed by atoms with Gasteiger partial charge in [0.2, 0.25) is 0 Å². The number of benzene rings is 2. The lowest BCUT2D eigenvalue weighted by Crippen LogP contribution is -2.19. The van der Waals surface area contributed by atoms with Crippen molar-refractivity contribution >= 4 is 11.8 Å². The van der Waals surface area contributed by atoms with Gasteiger partial charge in [-0.15, -0.1) is 5.10 Å². The van der Waals surface area contributed by atoms with E-state index >= 15 is 0 Å². The van der Waals surface area contributed by atoms with Crippen LogP contribution in [-0.4, -0.2) is 24.3 Å². The molecule has 2 aromatic heterocycles. The molecule has 1 N–H and O–H groups in total. The fourth-order valence-corrected chi connectivity index (χ4v) is 3.97. The lowest BCUT2D eigenvalue weighted by molar-refractivity contribution is 0.615. The molecule has 0 saturated carbocycles. The summed E-state index contributed by atoms with van der Waals surface area (Å²) in [5.41, 5.74) is 2.25. The number of hydrogen-bond acceptors (Lipinski definition) is 4. The number of thioether (sulfide) groups is 1. The van der Waals surface area contributed by atoms with Crippen LogP contribution in [0, 0.1) is 0 Å². The molecule has 2 heterocycles. The smallest absolute Gasteiger partial charge is 0.330 e. The molecule has 0 saturated heterocycles. The summed E-state index contributed by atoms with van der Waals surface area (Å²) < 4.78 is 3.82. The summed E-state index contributed by atoms with van der Waals surface area (Å²) >= 11 is 1.52. The van der Waals surface area contributed by atoms with Gasteiger partial charge in [0.15, 0.2) is 5.16 Å². The van der Waals surface area contributed by atoms with Crippen LogP contribution in [0.4, 0.5) is 0 Å². The van der Waals surface area contributed by atoms with Crippen LogP contribution in [0.2, 0.25) is 0 Å². The Morgan fingerprint density at radius 1 is 0.964 bits per heavy atom. The zero-order valence-corrected chi connectivity index (χ0v) is 16.2. The number of rotatable bonds is 8. The molecule has 0 unspecified atom stereocenters. The fraction of sp³-hybridized carbons (Fsp3) is 0.190. The normalized spacial score (nSPS) is 11.0. The summed E-state index contributed by atoms with van der Waals surface area (Å²) in [4.78, 5) is 16.6. The second-order valence-corrected chi connectivity index (χ2v) is 7.39. The molecular formula is C21H21N5OS. The highest BCUT2D eigenvalue weighted by atomic mass is 32.2. The third-order valence-corrected chi connectivity index (χ3v) is 5.49. The first-order valence-electron chi connectivity index (χ1n) is 9.15. The van der Waals surface area contributed by atoms with Crippen LogP contribution in [0.15, 0.2) is 83.0 Å². The van der Waals surface area contributed by atoms with Gasteiger partial charge in [0.1, 0.15) is 5.82 Å². The summed E-state index contributed by atoms with van der Waals surface area (Å²) in [6, 6.07) is 20.4. The van der Waals surface area contributed by atoms with E-state index in [0.29, 0.717) is 17.5 Å². The third-order valence-electron chi connectivity index (χ3n) is 4.52. The van der Waals surface area contributed by atoms with Gasteiger partial charge in [0.25, 0.3) is 0 Å². The van der Waals surface area contributed by atoms with Crippen LogP contribution in [0.1, 0.15) is 17.0 Å². The zero-order chi connectivity index (χ0) is 19.2. The van der Waals surface area contributed by atoms with Gasteiger partial charge in [-0.3, -0.25) is 4.57 Å². The van der Waals surface area contributed by atoms with Crippen molar-refractivity contribution in [2.45, 2.75) is 30.4 Å². The number of aryl methyl sites for hydroxylation is 1. The Bertz CT molecular complexity index is 1070. The van der Waals surface area contributed by atoms with E-state index < -0.39 is 0 Å². The second-order valence-electron chi connectivity index (χ2n) is 6.44. The highest BCUT2D eigenvalue weighted by Gasteiger charge is 2.11. The van der Waals surface area contributed by atoms with E-state index in [0.717, 1.165) is 18.8 Å². The lowest BCUT2D eigenvalue weighted by Gasteiger charge is -2.08. The third kappa shape index (κ3) is 4.43. The molecule has 0 atom stereocenters. The van der Waals surface area contributed by atoms with Gasteiger partial charge >= 0.3 is 5.69 Å². The maximum absolute atomic E-state index is 12.1. The van der Waals surface area contributed by atoms with Gasteiger partial charge in [-0.2, -0.15) is 0 Å². The van der Waals surface area contributed by atoms with Crippen LogP contribution in [-0.2, 0) is 25.3 Å². The van der Waals surface area contributed by atoms with Crippen molar-refractivity contribution in [3.8, 4) is 0 Å². The Morgan fingerprint density at radius 3 is 2.43 bits per heavy atom. The highest BCUT2D eigenvalue weighted by Crippen LogP contribution is 2.20. The largest absolute Gasteiger partial charge is 0.343 e. The van der Waals surface area contributed by atoms with Gasteiger partial charge in [0.05, 0.1) is 5.75 Å².